The van der Waals surface area contributed by atoms with Gasteiger partial charge in [-0.05, 0) is 12.1 Å². The fourth-order valence-corrected chi connectivity index (χ4v) is 2.75. The maximum absolute atomic E-state index is 12.0. The molecule has 118 valence electrons. The van der Waals surface area contributed by atoms with Gasteiger partial charge in [0.15, 0.2) is 0 Å². The van der Waals surface area contributed by atoms with E-state index in [9.17, 15) is 9.59 Å². The number of carbonyl (C=O) groups is 1. The van der Waals surface area contributed by atoms with Crippen LogP contribution >= 0.6 is 0 Å². The summed E-state index contributed by atoms with van der Waals surface area (Å²) in [7, 11) is 0. The predicted molar refractivity (Wildman–Crippen MR) is 84.9 cm³/mol. The molecule has 1 fully saturated rings. The zero-order valence-electron chi connectivity index (χ0n) is 12.5. The summed E-state index contributed by atoms with van der Waals surface area (Å²) >= 11 is 0. The summed E-state index contributed by atoms with van der Waals surface area (Å²) in [5.74, 6) is -0.137. The highest BCUT2D eigenvalue weighted by atomic mass is 16.2. The monoisotopic (exact) mass is 303 g/mol. The molecule has 1 aromatic heterocycles. The van der Waals surface area contributed by atoms with Crippen molar-refractivity contribution >= 4 is 16.9 Å². The summed E-state index contributed by atoms with van der Waals surface area (Å²) in [6, 6.07) is 7.38. The van der Waals surface area contributed by atoms with Gasteiger partial charge in [0.05, 0.1) is 11.0 Å². The first-order valence-electron chi connectivity index (χ1n) is 7.61. The van der Waals surface area contributed by atoms with Crippen molar-refractivity contribution in [2.75, 3.05) is 39.3 Å². The second kappa shape index (κ2) is 6.76. The van der Waals surface area contributed by atoms with Crippen molar-refractivity contribution in [2.24, 2.45) is 0 Å². The number of imidazole rings is 1. The number of hydrogen-bond donors (Lipinski definition) is 3. The van der Waals surface area contributed by atoms with E-state index < -0.39 is 0 Å². The Balaban J connectivity index is 1.54. The summed E-state index contributed by atoms with van der Waals surface area (Å²) in [5.41, 5.74) is 1.25. The first-order chi connectivity index (χ1) is 10.7. The van der Waals surface area contributed by atoms with Gasteiger partial charge in [0.2, 0.25) is 5.91 Å². The highest BCUT2D eigenvalue weighted by Crippen LogP contribution is 2.08. The first kappa shape index (κ1) is 14.8. The molecule has 0 unspecified atom stereocenters. The molecule has 22 heavy (non-hydrogen) atoms. The minimum atomic E-state index is -0.251. The molecule has 7 heteroatoms. The van der Waals surface area contributed by atoms with E-state index in [1.54, 1.807) is 0 Å². The number of piperazine rings is 1. The minimum absolute atomic E-state index is 0.0460. The van der Waals surface area contributed by atoms with Crippen LogP contribution in [0, 0.1) is 0 Å². The van der Waals surface area contributed by atoms with Crippen LogP contribution in [0.1, 0.15) is 0 Å². The van der Waals surface area contributed by atoms with E-state index in [4.69, 9.17) is 0 Å². The molecule has 0 bridgehead atoms. The van der Waals surface area contributed by atoms with Gasteiger partial charge in [0, 0.05) is 39.3 Å². The van der Waals surface area contributed by atoms with Crippen LogP contribution < -0.4 is 16.3 Å². The lowest BCUT2D eigenvalue weighted by Crippen LogP contribution is -2.46. The molecule has 0 saturated carbocycles. The summed E-state index contributed by atoms with van der Waals surface area (Å²) in [4.78, 5) is 29.0. The smallest absolute Gasteiger partial charge is 0.326 e. The number of carbonyl (C=O) groups excluding carboxylic acids is 1. The second-order valence-electron chi connectivity index (χ2n) is 5.48. The highest BCUT2D eigenvalue weighted by Gasteiger charge is 2.12. The molecular weight excluding hydrogens is 282 g/mol. The number of hydrogen-bond acceptors (Lipinski definition) is 4. The number of fused-ring (bicyclic) bond motifs is 1. The zero-order chi connectivity index (χ0) is 15.4. The highest BCUT2D eigenvalue weighted by molar-refractivity contribution is 5.80. The third-order valence-corrected chi connectivity index (χ3v) is 3.94. The first-order valence-corrected chi connectivity index (χ1v) is 7.61. The van der Waals surface area contributed by atoms with Gasteiger partial charge in [-0.15, -0.1) is 0 Å². The maximum Gasteiger partial charge on any atom is 0.326 e. The van der Waals surface area contributed by atoms with Crippen LogP contribution in [0.4, 0.5) is 0 Å². The van der Waals surface area contributed by atoms with E-state index in [1.165, 1.54) is 4.57 Å². The lowest BCUT2D eigenvalue weighted by molar-refractivity contribution is -0.121. The quantitative estimate of drug-likeness (QED) is 0.686. The van der Waals surface area contributed by atoms with Gasteiger partial charge < -0.3 is 15.6 Å². The Labute approximate surface area is 128 Å². The van der Waals surface area contributed by atoms with Crippen LogP contribution in [0.5, 0.6) is 0 Å². The number of benzene rings is 1. The Kier molecular flexibility index (Phi) is 4.55. The Morgan fingerprint density at radius 3 is 2.82 bits per heavy atom. The van der Waals surface area contributed by atoms with Gasteiger partial charge in [-0.25, -0.2) is 4.79 Å². The summed E-state index contributed by atoms with van der Waals surface area (Å²) in [5, 5.41) is 6.18. The molecular formula is C15H21N5O2. The summed E-state index contributed by atoms with van der Waals surface area (Å²) < 4.78 is 1.47. The number of nitrogens with zero attached hydrogens (tertiary/aromatic N) is 2. The number of aromatic amines is 1. The van der Waals surface area contributed by atoms with Crippen LogP contribution in [-0.4, -0.2) is 59.6 Å². The maximum atomic E-state index is 12.0. The zero-order valence-corrected chi connectivity index (χ0v) is 12.5. The second-order valence-corrected chi connectivity index (χ2v) is 5.48. The SMILES string of the molecule is O=C(Cn1c(=O)[nH]c2ccccc21)NCCN1CCNCC1. The molecule has 1 amide bonds. The molecule has 1 aromatic carbocycles. The Morgan fingerprint density at radius 2 is 2.00 bits per heavy atom. The van der Waals surface area contributed by atoms with Gasteiger partial charge in [-0.2, -0.15) is 0 Å². The molecule has 1 saturated heterocycles. The number of amides is 1. The predicted octanol–water partition coefficient (Wildman–Crippen LogP) is -0.649. The molecule has 3 N–H and O–H groups in total. The Morgan fingerprint density at radius 1 is 1.23 bits per heavy atom. The van der Waals surface area contributed by atoms with E-state index in [2.05, 4.69) is 20.5 Å². The van der Waals surface area contributed by atoms with Crippen molar-refractivity contribution in [1.82, 2.24) is 25.1 Å². The normalized spacial score (nSPS) is 16.0. The van der Waals surface area contributed by atoms with E-state index >= 15 is 0 Å². The van der Waals surface area contributed by atoms with Gasteiger partial charge in [0.1, 0.15) is 6.54 Å². The average molecular weight is 303 g/mol. The Hall–Kier alpha value is -2.12. The number of para-hydroxylation sites is 2. The molecule has 1 aliphatic heterocycles. The van der Waals surface area contributed by atoms with E-state index in [-0.39, 0.29) is 18.1 Å². The molecule has 7 nitrogen and oxygen atoms in total. The topological polar surface area (TPSA) is 82.2 Å². The van der Waals surface area contributed by atoms with Gasteiger partial charge in [0.25, 0.3) is 0 Å². The molecule has 2 heterocycles. The van der Waals surface area contributed by atoms with Crippen LogP contribution in [0.3, 0.4) is 0 Å². The third-order valence-electron chi connectivity index (χ3n) is 3.94. The lowest BCUT2D eigenvalue weighted by atomic mass is 10.3. The van der Waals surface area contributed by atoms with E-state index in [1.807, 2.05) is 24.3 Å². The van der Waals surface area contributed by atoms with E-state index in [0.717, 1.165) is 43.8 Å². The summed E-state index contributed by atoms with van der Waals surface area (Å²) in [6.45, 7) is 5.52. The third kappa shape index (κ3) is 3.37. The van der Waals surface area contributed by atoms with Crippen LogP contribution in [0.2, 0.25) is 0 Å². The van der Waals surface area contributed by atoms with Crippen LogP contribution in [0.25, 0.3) is 11.0 Å². The van der Waals surface area contributed by atoms with Crippen LogP contribution in [0.15, 0.2) is 29.1 Å². The molecule has 0 spiro atoms. The fourth-order valence-electron chi connectivity index (χ4n) is 2.75. The molecule has 3 rings (SSSR count). The van der Waals surface area contributed by atoms with Crippen molar-refractivity contribution in [2.45, 2.75) is 6.54 Å². The number of rotatable bonds is 5. The Bertz CT molecular complexity index is 699. The molecule has 2 aromatic rings. The van der Waals surface area contributed by atoms with Crippen molar-refractivity contribution in [1.29, 1.82) is 0 Å². The average Bonchev–Trinajstić information content (AvgIpc) is 2.84. The van der Waals surface area contributed by atoms with Crippen LogP contribution in [-0.2, 0) is 11.3 Å². The van der Waals surface area contributed by atoms with Gasteiger partial charge in [-0.1, -0.05) is 12.1 Å². The number of H-pyrrole nitrogens is 1. The lowest BCUT2D eigenvalue weighted by Gasteiger charge is -2.27. The number of aromatic nitrogens is 2. The largest absolute Gasteiger partial charge is 0.353 e. The van der Waals surface area contributed by atoms with E-state index in [0.29, 0.717) is 6.54 Å². The van der Waals surface area contributed by atoms with Crippen molar-refractivity contribution in [3.8, 4) is 0 Å². The standard InChI is InChI=1S/C15H21N5O2/c21-14(17-7-10-19-8-5-16-6-9-19)11-20-13-4-2-1-3-12(13)18-15(20)22/h1-4,16H,5-11H2,(H,17,21)(H,18,22). The van der Waals surface area contributed by atoms with Crippen molar-refractivity contribution in [3.63, 3.8) is 0 Å². The molecule has 0 atom stereocenters. The molecule has 0 aliphatic carbocycles. The van der Waals surface area contributed by atoms with Crippen molar-refractivity contribution in [3.05, 3.63) is 34.7 Å². The minimum Gasteiger partial charge on any atom is -0.353 e. The number of nitrogens with one attached hydrogen (secondary N) is 3. The molecule has 1 aliphatic rings. The van der Waals surface area contributed by atoms with Gasteiger partial charge in [-0.3, -0.25) is 14.3 Å². The van der Waals surface area contributed by atoms with Crippen molar-refractivity contribution < 1.29 is 4.79 Å². The fraction of sp³-hybridized carbons (Fsp3) is 0.467. The van der Waals surface area contributed by atoms with Gasteiger partial charge >= 0.3 is 5.69 Å². The molecule has 0 radical (unpaired) electrons. The summed E-state index contributed by atoms with van der Waals surface area (Å²) in [6.07, 6.45) is 0.